The maximum Gasteiger partial charge on any atom is 0.252 e. The number of halogens is 2. The fraction of sp³-hybridized carbons (Fsp3) is 0.588. The van der Waals surface area contributed by atoms with Gasteiger partial charge in [-0.05, 0) is 44.5 Å². The molecule has 1 heterocycles. The maximum absolute atomic E-state index is 13.7. The zero-order chi connectivity index (χ0) is 16.7. The molecule has 0 radical (unpaired) electrons. The Hall–Kier alpha value is -1.37. The van der Waals surface area contributed by atoms with E-state index in [4.69, 9.17) is 9.47 Å². The molecule has 1 aromatic rings. The van der Waals surface area contributed by atoms with Gasteiger partial charge in [-0.3, -0.25) is 4.79 Å². The summed E-state index contributed by atoms with van der Waals surface area (Å²) in [5, 5.41) is 6.11. The molecule has 0 aromatic heterocycles. The second-order valence-corrected chi connectivity index (χ2v) is 5.74. The van der Waals surface area contributed by atoms with Crippen LogP contribution >= 0.6 is 12.4 Å². The molecule has 0 spiro atoms. The van der Waals surface area contributed by atoms with Gasteiger partial charge in [0.15, 0.2) is 11.6 Å². The number of methoxy groups -OCH3 is 1. The fourth-order valence-corrected chi connectivity index (χ4v) is 2.71. The molecule has 7 heteroatoms. The normalized spacial score (nSPS) is 17.5. The minimum Gasteiger partial charge on any atom is -0.486 e. The van der Waals surface area contributed by atoms with Crippen LogP contribution in [0.1, 0.15) is 26.2 Å². The quantitative estimate of drug-likeness (QED) is 0.783. The van der Waals surface area contributed by atoms with Crippen molar-refractivity contribution in [2.24, 2.45) is 0 Å². The molecule has 1 atom stereocenters. The zero-order valence-corrected chi connectivity index (χ0v) is 15.0. The first-order valence-electron chi connectivity index (χ1n) is 8.06. The molecule has 1 aliphatic heterocycles. The number of hydrogen-bond acceptors (Lipinski definition) is 4. The summed E-state index contributed by atoms with van der Waals surface area (Å²) >= 11 is 0. The first-order chi connectivity index (χ1) is 11.1. The second kappa shape index (κ2) is 9.81. The Morgan fingerprint density at radius 1 is 1.38 bits per heavy atom. The van der Waals surface area contributed by atoms with Crippen molar-refractivity contribution >= 4 is 18.3 Å². The number of piperidine rings is 1. The predicted molar refractivity (Wildman–Crippen MR) is 93.2 cm³/mol. The van der Waals surface area contributed by atoms with Crippen LogP contribution in [0.15, 0.2) is 24.3 Å². The highest BCUT2D eigenvalue weighted by atomic mass is 35.5. The third-order valence-electron chi connectivity index (χ3n) is 4.29. The van der Waals surface area contributed by atoms with Crippen molar-refractivity contribution in [2.45, 2.75) is 37.9 Å². The van der Waals surface area contributed by atoms with E-state index in [0.717, 1.165) is 13.1 Å². The Morgan fingerprint density at radius 2 is 2.04 bits per heavy atom. The van der Waals surface area contributed by atoms with Gasteiger partial charge in [-0.1, -0.05) is 19.1 Å². The van der Waals surface area contributed by atoms with Gasteiger partial charge in [0.25, 0.3) is 5.91 Å². The molecular weight excluding hydrogens is 335 g/mol. The third kappa shape index (κ3) is 5.06. The van der Waals surface area contributed by atoms with Crippen LogP contribution in [0.2, 0.25) is 0 Å². The van der Waals surface area contributed by atoms with Crippen LogP contribution in [-0.2, 0) is 9.53 Å². The van der Waals surface area contributed by atoms with Gasteiger partial charge in [-0.2, -0.15) is 0 Å². The number of hydrogen-bond donors (Lipinski definition) is 2. The van der Waals surface area contributed by atoms with E-state index < -0.39 is 11.4 Å². The van der Waals surface area contributed by atoms with Gasteiger partial charge < -0.3 is 20.1 Å². The molecule has 0 aliphatic carbocycles. The highest BCUT2D eigenvalue weighted by Gasteiger charge is 2.39. The van der Waals surface area contributed by atoms with Gasteiger partial charge in [0.2, 0.25) is 0 Å². The van der Waals surface area contributed by atoms with Gasteiger partial charge in [0.05, 0.1) is 6.54 Å². The lowest BCUT2D eigenvalue weighted by atomic mass is 9.91. The molecule has 1 fully saturated rings. The van der Waals surface area contributed by atoms with Crippen LogP contribution in [0, 0.1) is 5.82 Å². The number of ether oxygens (including phenoxy) is 2. The molecule has 2 N–H and O–H groups in total. The lowest BCUT2D eigenvalue weighted by Crippen LogP contribution is -2.55. The lowest BCUT2D eigenvalue weighted by Gasteiger charge is -2.35. The number of rotatable bonds is 7. The minimum absolute atomic E-state index is 0. The first-order valence-corrected chi connectivity index (χ1v) is 8.06. The van der Waals surface area contributed by atoms with Gasteiger partial charge in [-0.15, -0.1) is 12.4 Å². The Bertz CT molecular complexity index is 524. The van der Waals surface area contributed by atoms with E-state index in [-0.39, 0.29) is 30.2 Å². The first kappa shape index (κ1) is 20.7. The van der Waals surface area contributed by atoms with Crippen LogP contribution in [0.25, 0.3) is 0 Å². The molecule has 1 aromatic carbocycles. The average Bonchev–Trinajstić information content (AvgIpc) is 2.60. The van der Waals surface area contributed by atoms with Crippen LogP contribution in [0.5, 0.6) is 5.75 Å². The predicted octanol–water partition coefficient (Wildman–Crippen LogP) is 2.29. The third-order valence-corrected chi connectivity index (χ3v) is 4.29. The summed E-state index contributed by atoms with van der Waals surface area (Å²) in [5.41, 5.74) is -0.776. The highest BCUT2D eigenvalue weighted by molar-refractivity contribution is 5.85. The maximum atomic E-state index is 13.7. The molecule has 2 rings (SSSR count). The van der Waals surface area contributed by atoms with E-state index in [1.165, 1.54) is 6.07 Å². The summed E-state index contributed by atoms with van der Waals surface area (Å²) in [6.45, 7) is 3.77. The van der Waals surface area contributed by atoms with Crippen LogP contribution in [0.4, 0.5) is 4.39 Å². The molecule has 1 amide bonds. The van der Waals surface area contributed by atoms with Crippen molar-refractivity contribution < 1.29 is 18.7 Å². The van der Waals surface area contributed by atoms with E-state index in [0.29, 0.717) is 25.8 Å². The number of nitrogens with one attached hydrogen (secondary N) is 2. The minimum atomic E-state index is -0.776. The largest absolute Gasteiger partial charge is 0.486 e. The van der Waals surface area contributed by atoms with Gasteiger partial charge >= 0.3 is 0 Å². The fourth-order valence-electron chi connectivity index (χ4n) is 2.71. The van der Waals surface area contributed by atoms with Crippen molar-refractivity contribution in [3.05, 3.63) is 30.1 Å². The van der Waals surface area contributed by atoms with Crippen LogP contribution in [-0.4, -0.2) is 44.4 Å². The molecule has 24 heavy (non-hydrogen) atoms. The molecule has 0 saturated carbocycles. The Morgan fingerprint density at radius 3 is 2.62 bits per heavy atom. The van der Waals surface area contributed by atoms with Crippen molar-refractivity contribution in [1.82, 2.24) is 10.6 Å². The standard InChI is InChI=1S/C17H25FN2O3.ClH/c1-3-13(23-15-7-5-4-6-14(15)18)12-20-16(21)17(22-2)8-10-19-11-9-17;/h4-7,13,19H,3,8-12H2,1-2H3,(H,20,21);1H. The van der Waals surface area contributed by atoms with Crippen molar-refractivity contribution in [3.8, 4) is 5.75 Å². The van der Waals surface area contributed by atoms with Gasteiger partial charge in [0.1, 0.15) is 11.7 Å². The molecule has 0 bridgehead atoms. The van der Waals surface area contributed by atoms with Crippen molar-refractivity contribution in [1.29, 1.82) is 0 Å². The van der Waals surface area contributed by atoms with E-state index >= 15 is 0 Å². The number of benzene rings is 1. The van der Waals surface area contributed by atoms with Crippen LogP contribution in [0.3, 0.4) is 0 Å². The van der Waals surface area contributed by atoms with E-state index in [1.807, 2.05) is 6.92 Å². The smallest absolute Gasteiger partial charge is 0.252 e. The lowest BCUT2D eigenvalue weighted by molar-refractivity contribution is -0.147. The number of carbonyl (C=O) groups is 1. The molecule has 5 nitrogen and oxygen atoms in total. The zero-order valence-electron chi connectivity index (χ0n) is 14.1. The number of amides is 1. The van der Waals surface area contributed by atoms with E-state index in [2.05, 4.69) is 10.6 Å². The van der Waals surface area contributed by atoms with Crippen molar-refractivity contribution in [2.75, 3.05) is 26.7 Å². The summed E-state index contributed by atoms with van der Waals surface area (Å²) in [6.07, 6.45) is 1.66. The summed E-state index contributed by atoms with van der Waals surface area (Å²) < 4.78 is 24.8. The molecule has 1 unspecified atom stereocenters. The topological polar surface area (TPSA) is 59.6 Å². The SMILES string of the molecule is CCC(CNC(=O)C1(OC)CCNCC1)Oc1ccccc1F.Cl. The molecule has 1 saturated heterocycles. The Labute approximate surface area is 148 Å². The summed E-state index contributed by atoms with van der Waals surface area (Å²) in [4.78, 5) is 12.5. The highest BCUT2D eigenvalue weighted by Crippen LogP contribution is 2.23. The van der Waals surface area contributed by atoms with E-state index in [9.17, 15) is 9.18 Å². The Balaban J connectivity index is 0.00000288. The molecule has 1 aliphatic rings. The molecule has 136 valence electrons. The van der Waals surface area contributed by atoms with Gasteiger partial charge in [0, 0.05) is 7.11 Å². The summed E-state index contributed by atoms with van der Waals surface area (Å²) in [7, 11) is 1.57. The number of carbonyl (C=O) groups excluding carboxylic acids is 1. The summed E-state index contributed by atoms with van der Waals surface area (Å²) in [5.74, 6) is -0.321. The van der Waals surface area contributed by atoms with Crippen molar-refractivity contribution in [3.63, 3.8) is 0 Å². The second-order valence-electron chi connectivity index (χ2n) is 5.74. The number of para-hydroxylation sites is 1. The van der Waals surface area contributed by atoms with Gasteiger partial charge in [-0.25, -0.2) is 4.39 Å². The monoisotopic (exact) mass is 360 g/mol. The molecular formula is C17H26ClFN2O3. The Kier molecular flexibility index (Phi) is 8.45. The average molecular weight is 361 g/mol. The summed E-state index contributed by atoms with van der Waals surface area (Å²) in [6, 6.07) is 6.28. The van der Waals surface area contributed by atoms with Crippen LogP contribution < -0.4 is 15.4 Å². The van der Waals surface area contributed by atoms with E-state index in [1.54, 1.807) is 25.3 Å².